The molecule has 0 aliphatic carbocycles. The number of likely N-dealkylation sites (tertiary alicyclic amines) is 1. The van der Waals surface area contributed by atoms with E-state index in [1.807, 2.05) is 19.2 Å². The minimum Gasteiger partial charge on any atom is -0.326 e. The van der Waals surface area contributed by atoms with Crippen molar-refractivity contribution in [1.29, 1.82) is 0 Å². The second kappa shape index (κ2) is 10.7. The molecule has 0 saturated carbocycles. The highest BCUT2D eigenvalue weighted by Crippen LogP contribution is 2.20. The number of nitrogens with one attached hydrogen (secondary N) is 2. The van der Waals surface area contributed by atoms with E-state index in [0.29, 0.717) is 24.6 Å². The average Bonchev–Trinajstić information content (AvgIpc) is 2.75. The van der Waals surface area contributed by atoms with E-state index in [0.717, 1.165) is 38.9 Å². The number of hydrogen-bond donors (Lipinski definition) is 2. The van der Waals surface area contributed by atoms with Gasteiger partial charge in [-0.3, -0.25) is 14.7 Å². The summed E-state index contributed by atoms with van der Waals surface area (Å²) in [6, 6.07) is 10.3. The maximum absolute atomic E-state index is 12.6. The molecule has 0 unspecified atom stereocenters. The lowest BCUT2D eigenvalue weighted by atomic mass is 9.97. The zero-order chi connectivity index (χ0) is 21.4. The molecule has 1 amide bonds. The minimum atomic E-state index is -3.56. The van der Waals surface area contributed by atoms with Crippen molar-refractivity contribution in [2.45, 2.75) is 44.0 Å². The molecule has 30 heavy (non-hydrogen) atoms. The van der Waals surface area contributed by atoms with E-state index in [1.165, 1.54) is 17.7 Å². The molecule has 1 fully saturated rings. The van der Waals surface area contributed by atoms with Crippen LogP contribution in [0.3, 0.4) is 0 Å². The lowest BCUT2D eigenvalue weighted by Crippen LogP contribution is -2.38. The summed E-state index contributed by atoms with van der Waals surface area (Å²) < 4.78 is 27.9. The Balaban J connectivity index is 1.45. The highest BCUT2D eigenvalue weighted by atomic mass is 32.2. The Bertz CT molecular complexity index is 909. The first-order chi connectivity index (χ1) is 14.5. The van der Waals surface area contributed by atoms with Crippen molar-refractivity contribution in [1.82, 2.24) is 14.6 Å². The summed E-state index contributed by atoms with van der Waals surface area (Å²) in [6.07, 6.45) is 6.81. The Morgan fingerprint density at radius 1 is 1.17 bits per heavy atom. The first-order valence-electron chi connectivity index (χ1n) is 10.5. The Labute approximate surface area is 178 Å². The number of amides is 1. The topological polar surface area (TPSA) is 91.4 Å². The summed E-state index contributed by atoms with van der Waals surface area (Å²) >= 11 is 0. The molecule has 3 rings (SSSR count). The molecule has 1 aromatic heterocycles. The van der Waals surface area contributed by atoms with Crippen LogP contribution in [-0.4, -0.2) is 43.8 Å². The number of carbonyl (C=O) groups excluding carboxylic acids is 1. The van der Waals surface area contributed by atoms with Crippen LogP contribution in [0.4, 0.5) is 5.69 Å². The molecular weight excluding hydrogens is 400 g/mol. The number of anilines is 1. The number of pyridine rings is 1. The minimum absolute atomic E-state index is 0.0684. The SMILES string of the molecule is CCCC(=O)Nc1ccc(S(=O)(=O)NCC2CCN(Cc3cccnc3)CC2)cc1. The molecule has 0 atom stereocenters. The fraction of sp³-hybridized carbons (Fsp3) is 0.455. The third-order valence-electron chi connectivity index (χ3n) is 5.32. The molecule has 1 aromatic carbocycles. The van der Waals surface area contributed by atoms with Crippen molar-refractivity contribution >= 4 is 21.6 Å². The molecule has 2 aromatic rings. The van der Waals surface area contributed by atoms with Crippen LogP contribution in [-0.2, 0) is 21.4 Å². The molecule has 2 N–H and O–H groups in total. The van der Waals surface area contributed by atoms with Crippen LogP contribution in [0.2, 0.25) is 0 Å². The molecule has 1 aliphatic rings. The van der Waals surface area contributed by atoms with E-state index in [-0.39, 0.29) is 10.8 Å². The molecule has 1 aliphatic heterocycles. The summed E-state index contributed by atoms with van der Waals surface area (Å²) in [5.41, 5.74) is 1.80. The summed E-state index contributed by atoms with van der Waals surface area (Å²) in [5, 5.41) is 2.76. The Kier molecular flexibility index (Phi) is 7.95. The number of sulfonamides is 1. The lowest BCUT2D eigenvalue weighted by Gasteiger charge is -2.31. The van der Waals surface area contributed by atoms with E-state index in [4.69, 9.17) is 0 Å². The van der Waals surface area contributed by atoms with Crippen molar-refractivity contribution in [3.63, 3.8) is 0 Å². The van der Waals surface area contributed by atoms with Gasteiger partial charge in [-0.15, -0.1) is 0 Å². The largest absolute Gasteiger partial charge is 0.326 e. The van der Waals surface area contributed by atoms with Gasteiger partial charge in [-0.25, -0.2) is 13.1 Å². The third kappa shape index (κ3) is 6.62. The Hall–Kier alpha value is -2.29. The zero-order valence-electron chi connectivity index (χ0n) is 17.4. The highest BCUT2D eigenvalue weighted by Gasteiger charge is 2.22. The molecule has 2 heterocycles. The van der Waals surface area contributed by atoms with Gasteiger partial charge in [-0.05, 0) is 74.2 Å². The monoisotopic (exact) mass is 430 g/mol. The van der Waals surface area contributed by atoms with Crippen molar-refractivity contribution in [2.24, 2.45) is 5.92 Å². The molecule has 1 saturated heterocycles. The Morgan fingerprint density at radius 3 is 2.53 bits per heavy atom. The van der Waals surface area contributed by atoms with Crippen LogP contribution in [0.25, 0.3) is 0 Å². The maximum atomic E-state index is 12.6. The Morgan fingerprint density at radius 2 is 1.90 bits per heavy atom. The predicted molar refractivity (Wildman–Crippen MR) is 117 cm³/mol. The molecule has 8 heteroatoms. The van der Waals surface area contributed by atoms with Crippen LogP contribution < -0.4 is 10.0 Å². The van der Waals surface area contributed by atoms with Crippen molar-refractivity contribution in [3.05, 3.63) is 54.4 Å². The number of nitrogens with zero attached hydrogens (tertiary/aromatic N) is 2. The van der Waals surface area contributed by atoms with Crippen LogP contribution in [0.1, 0.15) is 38.2 Å². The van der Waals surface area contributed by atoms with E-state index in [1.54, 1.807) is 18.3 Å². The van der Waals surface area contributed by atoms with Gasteiger partial charge < -0.3 is 5.32 Å². The summed E-state index contributed by atoms with van der Waals surface area (Å²) in [4.78, 5) is 18.4. The van der Waals surface area contributed by atoms with Gasteiger partial charge in [-0.1, -0.05) is 13.0 Å². The smallest absolute Gasteiger partial charge is 0.240 e. The van der Waals surface area contributed by atoms with Gasteiger partial charge in [0.25, 0.3) is 0 Å². The molecule has 0 spiro atoms. The van der Waals surface area contributed by atoms with E-state index in [9.17, 15) is 13.2 Å². The first kappa shape index (κ1) is 22.4. The van der Waals surface area contributed by atoms with Crippen molar-refractivity contribution in [3.8, 4) is 0 Å². The number of carbonyl (C=O) groups is 1. The van der Waals surface area contributed by atoms with Gasteiger partial charge in [0.2, 0.25) is 15.9 Å². The second-order valence-corrected chi connectivity index (χ2v) is 9.52. The van der Waals surface area contributed by atoms with Crippen LogP contribution >= 0.6 is 0 Å². The van der Waals surface area contributed by atoms with Gasteiger partial charge in [-0.2, -0.15) is 0 Å². The predicted octanol–water partition coefficient (Wildman–Crippen LogP) is 3.01. The van der Waals surface area contributed by atoms with Crippen LogP contribution in [0.15, 0.2) is 53.7 Å². The highest BCUT2D eigenvalue weighted by molar-refractivity contribution is 7.89. The van der Waals surface area contributed by atoms with Gasteiger partial charge in [0, 0.05) is 37.6 Å². The normalized spacial score (nSPS) is 15.8. The first-order valence-corrected chi connectivity index (χ1v) is 12.0. The molecular formula is C22H30N4O3S. The lowest BCUT2D eigenvalue weighted by molar-refractivity contribution is -0.116. The number of hydrogen-bond acceptors (Lipinski definition) is 5. The third-order valence-corrected chi connectivity index (χ3v) is 6.76. The maximum Gasteiger partial charge on any atom is 0.240 e. The average molecular weight is 431 g/mol. The van der Waals surface area contributed by atoms with Gasteiger partial charge in [0.15, 0.2) is 0 Å². The fourth-order valence-electron chi connectivity index (χ4n) is 3.58. The summed E-state index contributed by atoms with van der Waals surface area (Å²) in [5.74, 6) is 0.263. The number of aromatic nitrogens is 1. The van der Waals surface area contributed by atoms with Gasteiger partial charge in [0.1, 0.15) is 0 Å². The standard InChI is InChI=1S/C22H30N4O3S/c1-2-4-22(27)25-20-6-8-21(9-7-20)30(28,29)24-16-18-10-13-26(14-11-18)17-19-5-3-12-23-15-19/h3,5-9,12,15,18,24H,2,4,10-11,13-14,16-17H2,1H3,(H,25,27). The molecule has 162 valence electrons. The van der Waals surface area contributed by atoms with Crippen LogP contribution in [0.5, 0.6) is 0 Å². The molecule has 7 nitrogen and oxygen atoms in total. The zero-order valence-corrected chi connectivity index (χ0v) is 18.2. The van der Waals surface area contributed by atoms with E-state index < -0.39 is 10.0 Å². The van der Waals surface area contributed by atoms with Crippen LogP contribution in [0, 0.1) is 5.92 Å². The van der Waals surface area contributed by atoms with Gasteiger partial charge in [0.05, 0.1) is 4.90 Å². The number of benzene rings is 1. The van der Waals surface area contributed by atoms with Crippen molar-refractivity contribution in [2.75, 3.05) is 25.0 Å². The molecule has 0 bridgehead atoms. The summed E-state index contributed by atoms with van der Waals surface area (Å²) in [7, 11) is -3.56. The van der Waals surface area contributed by atoms with E-state index >= 15 is 0 Å². The quantitative estimate of drug-likeness (QED) is 0.638. The number of rotatable bonds is 9. The molecule has 0 radical (unpaired) electrons. The number of piperidine rings is 1. The van der Waals surface area contributed by atoms with Gasteiger partial charge >= 0.3 is 0 Å². The fourth-order valence-corrected chi connectivity index (χ4v) is 4.69. The van der Waals surface area contributed by atoms with Crippen molar-refractivity contribution < 1.29 is 13.2 Å². The van der Waals surface area contributed by atoms with E-state index in [2.05, 4.69) is 26.0 Å². The second-order valence-electron chi connectivity index (χ2n) is 7.76. The summed E-state index contributed by atoms with van der Waals surface area (Å²) in [6.45, 7) is 5.16.